The Labute approximate surface area is 86.6 Å². The number of rotatable bonds is 5. The third kappa shape index (κ3) is 4.24. The zero-order chi connectivity index (χ0) is 10.2. The smallest absolute Gasteiger partial charge is 0.0226 e. The molecule has 2 N–H and O–H groups in total. The van der Waals surface area contributed by atoms with Crippen LogP contribution in [-0.2, 0) is 0 Å². The van der Waals surface area contributed by atoms with Gasteiger partial charge in [-0.3, -0.25) is 0 Å². The van der Waals surface area contributed by atoms with Gasteiger partial charge in [0.05, 0.1) is 0 Å². The highest BCUT2D eigenvalue weighted by atomic mass is 14.6. The second-order valence-corrected chi connectivity index (χ2v) is 3.58. The molecule has 0 unspecified atom stereocenters. The van der Waals surface area contributed by atoms with Crippen molar-refractivity contribution >= 4 is 6.08 Å². The molecule has 1 rings (SSSR count). The van der Waals surface area contributed by atoms with Crippen LogP contribution in [-0.4, -0.2) is 6.04 Å². The van der Waals surface area contributed by atoms with Crippen molar-refractivity contribution in [1.29, 1.82) is 0 Å². The largest absolute Gasteiger partial charge is 0.324 e. The van der Waals surface area contributed by atoms with E-state index in [0.717, 1.165) is 6.42 Å². The minimum absolute atomic E-state index is 0.204. The molecule has 0 saturated carbocycles. The van der Waals surface area contributed by atoms with E-state index in [4.69, 9.17) is 5.73 Å². The normalized spacial score (nSPS) is 13.3. The van der Waals surface area contributed by atoms with Gasteiger partial charge in [0.25, 0.3) is 0 Å². The summed E-state index contributed by atoms with van der Waals surface area (Å²) in [6.07, 6.45) is 7.69. The van der Waals surface area contributed by atoms with Crippen molar-refractivity contribution in [2.24, 2.45) is 5.73 Å². The molecule has 0 radical (unpaired) electrons. The number of benzene rings is 1. The minimum atomic E-state index is 0.204. The van der Waals surface area contributed by atoms with Gasteiger partial charge in [-0.25, -0.2) is 0 Å². The van der Waals surface area contributed by atoms with Gasteiger partial charge >= 0.3 is 0 Å². The summed E-state index contributed by atoms with van der Waals surface area (Å²) in [6, 6.07) is 10.5. The van der Waals surface area contributed by atoms with Gasteiger partial charge in [0.1, 0.15) is 0 Å². The summed E-state index contributed by atoms with van der Waals surface area (Å²) in [6.45, 7) is 2.19. The molecule has 1 aromatic rings. The van der Waals surface area contributed by atoms with E-state index in [0.29, 0.717) is 0 Å². The van der Waals surface area contributed by atoms with Gasteiger partial charge in [0.15, 0.2) is 0 Å². The third-order valence-electron chi connectivity index (χ3n) is 2.23. The fourth-order valence-corrected chi connectivity index (χ4v) is 1.33. The van der Waals surface area contributed by atoms with Crippen LogP contribution in [0.25, 0.3) is 6.08 Å². The van der Waals surface area contributed by atoms with Gasteiger partial charge < -0.3 is 5.73 Å². The van der Waals surface area contributed by atoms with Crippen molar-refractivity contribution in [3.8, 4) is 0 Å². The second kappa shape index (κ2) is 6.39. The molecule has 0 aliphatic carbocycles. The van der Waals surface area contributed by atoms with Crippen molar-refractivity contribution in [3.63, 3.8) is 0 Å². The maximum atomic E-state index is 5.92. The summed E-state index contributed by atoms with van der Waals surface area (Å²) in [5.41, 5.74) is 7.14. The summed E-state index contributed by atoms with van der Waals surface area (Å²) in [7, 11) is 0. The molecule has 0 fully saturated rings. The van der Waals surface area contributed by atoms with E-state index in [9.17, 15) is 0 Å². The molecule has 76 valence electrons. The molecular weight excluding hydrogens is 170 g/mol. The maximum Gasteiger partial charge on any atom is 0.0226 e. The van der Waals surface area contributed by atoms with Crippen LogP contribution in [0.1, 0.15) is 31.7 Å². The lowest BCUT2D eigenvalue weighted by molar-refractivity contribution is 0.656. The van der Waals surface area contributed by atoms with Crippen LogP contribution in [0.5, 0.6) is 0 Å². The molecule has 1 aromatic carbocycles. The van der Waals surface area contributed by atoms with Crippen molar-refractivity contribution in [1.82, 2.24) is 0 Å². The average molecular weight is 189 g/mol. The van der Waals surface area contributed by atoms with Crippen LogP contribution in [0.15, 0.2) is 36.4 Å². The number of nitrogens with two attached hydrogens (primary N) is 1. The van der Waals surface area contributed by atoms with Gasteiger partial charge in [-0.1, -0.05) is 62.2 Å². The molecule has 14 heavy (non-hydrogen) atoms. The van der Waals surface area contributed by atoms with Gasteiger partial charge in [0, 0.05) is 6.04 Å². The Morgan fingerprint density at radius 3 is 2.64 bits per heavy atom. The zero-order valence-electron chi connectivity index (χ0n) is 8.82. The molecule has 1 nitrogen and oxygen atoms in total. The Morgan fingerprint density at radius 2 is 2.00 bits per heavy atom. The fraction of sp³-hybridized carbons (Fsp3) is 0.385. The van der Waals surface area contributed by atoms with E-state index in [2.05, 4.69) is 31.2 Å². The van der Waals surface area contributed by atoms with E-state index in [1.165, 1.54) is 18.4 Å². The van der Waals surface area contributed by atoms with E-state index in [1.807, 2.05) is 18.2 Å². The van der Waals surface area contributed by atoms with Crippen molar-refractivity contribution in [2.75, 3.05) is 0 Å². The Morgan fingerprint density at radius 1 is 1.29 bits per heavy atom. The molecule has 1 atom stereocenters. The Hall–Kier alpha value is -1.08. The van der Waals surface area contributed by atoms with Crippen LogP contribution >= 0.6 is 0 Å². The maximum absolute atomic E-state index is 5.92. The Bertz CT molecular complexity index is 264. The lowest BCUT2D eigenvalue weighted by Gasteiger charge is -2.04. The van der Waals surface area contributed by atoms with Crippen LogP contribution in [0, 0.1) is 0 Å². The minimum Gasteiger partial charge on any atom is -0.324 e. The number of unbranched alkanes of at least 4 members (excludes halogenated alkanes) is 1. The van der Waals surface area contributed by atoms with Crippen molar-refractivity contribution in [3.05, 3.63) is 42.0 Å². The van der Waals surface area contributed by atoms with E-state index >= 15 is 0 Å². The lowest BCUT2D eigenvalue weighted by atomic mass is 10.1. The summed E-state index contributed by atoms with van der Waals surface area (Å²) < 4.78 is 0. The Balaban J connectivity index is 2.39. The van der Waals surface area contributed by atoms with Crippen molar-refractivity contribution < 1.29 is 0 Å². The average Bonchev–Trinajstić information content (AvgIpc) is 2.25. The SMILES string of the molecule is CCCC[C@H](N)/C=C/c1ccccc1. The highest BCUT2D eigenvalue weighted by Crippen LogP contribution is 2.04. The van der Waals surface area contributed by atoms with Crippen molar-refractivity contribution in [2.45, 2.75) is 32.2 Å². The molecule has 0 aliphatic heterocycles. The van der Waals surface area contributed by atoms with E-state index in [1.54, 1.807) is 0 Å². The highest BCUT2D eigenvalue weighted by molar-refractivity contribution is 5.49. The highest BCUT2D eigenvalue weighted by Gasteiger charge is 1.95. The topological polar surface area (TPSA) is 26.0 Å². The first-order chi connectivity index (χ1) is 6.83. The monoisotopic (exact) mass is 189 g/mol. The molecule has 0 aliphatic rings. The summed E-state index contributed by atoms with van der Waals surface area (Å²) in [4.78, 5) is 0. The molecule has 1 heteroatoms. The quantitative estimate of drug-likeness (QED) is 0.756. The first-order valence-corrected chi connectivity index (χ1v) is 5.31. The zero-order valence-corrected chi connectivity index (χ0v) is 8.82. The van der Waals surface area contributed by atoms with Gasteiger partial charge in [-0.2, -0.15) is 0 Å². The standard InChI is InChI=1S/C13H19N/c1-2-3-9-13(14)11-10-12-7-5-4-6-8-12/h4-8,10-11,13H,2-3,9,14H2,1H3/b11-10+/t13-/m0/s1. The van der Waals surface area contributed by atoms with Crippen LogP contribution in [0.4, 0.5) is 0 Å². The number of hydrogen-bond donors (Lipinski definition) is 1. The molecule has 0 aromatic heterocycles. The summed E-state index contributed by atoms with van der Waals surface area (Å²) >= 11 is 0. The van der Waals surface area contributed by atoms with Crippen LogP contribution in [0.3, 0.4) is 0 Å². The predicted octanol–water partition coefficient (Wildman–Crippen LogP) is 3.22. The fourth-order valence-electron chi connectivity index (χ4n) is 1.33. The van der Waals surface area contributed by atoms with Crippen LogP contribution < -0.4 is 5.73 Å². The van der Waals surface area contributed by atoms with E-state index in [-0.39, 0.29) is 6.04 Å². The second-order valence-electron chi connectivity index (χ2n) is 3.58. The predicted molar refractivity (Wildman–Crippen MR) is 63.0 cm³/mol. The summed E-state index contributed by atoms with van der Waals surface area (Å²) in [5.74, 6) is 0. The lowest BCUT2D eigenvalue weighted by Crippen LogP contribution is -2.15. The molecule has 0 bridgehead atoms. The summed E-state index contributed by atoms with van der Waals surface area (Å²) in [5, 5.41) is 0. The van der Waals surface area contributed by atoms with Gasteiger partial charge in [-0.05, 0) is 12.0 Å². The third-order valence-corrected chi connectivity index (χ3v) is 2.23. The van der Waals surface area contributed by atoms with Gasteiger partial charge in [0.2, 0.25) is 0 Å². The molecule has 0 heterocycles. The number of hydrogen-bond acceptors (Lipinski definition) is 1. The molecule has 0 saturated heterocycles. The Kier molecular flexibility index (Phi) is 5.02. The van der Waals surface area contributed by atoms with Crippen LogP contribution in [0.2, 0.25) is 0 Å². The van der Waals surface area contributed by atoms with Gasteiger partial charge in [-0.15, -0.1) is 0 Å². The molecule has 0 amide bonds. The molecular formula is C13H19N. The molecule has 0 spiro atoms. The van der Waals surface area contributed by atoms with E-state index < -0.39 is 0 Å². The first kappa shape index (κ1) is 11.0. The first-order valence-electron chi connectivity index (χ1n) is 5.31.